The average molecular weight is 278 g/mol. The van der Waals surface area contributed by atoms with E-state index in [0.717, 1.165) is 0 Å². The Kier molecular flexibility index (Phi) is 6.52. The second kappa shape index (κ2) is 8.16. The summed E-state index contributed by atoms with van der Waals surface area (Å²) in [6.45, 7) is 3.43. The van der Waals surface area contributed by atoms with Crippen LogP contribution in [0.15, 0.2) is 23.3 Å². The number of hydrogen-bond acceptors (Lipinski definition) is 6. The van der Waals surface area contributed by atoms with Gasteiger partial charge >= 0.3 is 5.97 Å². The number of aliphatic imine (C=N–C) groups is 1. The third-order valence-corrected chi connectivity index (χ3v) is 2.58. The van der Waals surface area contributed by atoms with Gasteiger partial charge in [0.05, 0.1) is 30.8 Å². The van der Waals surface area contributed by atoms with Crippen molar-refractivity contribution in [1.29, 1.82) is 0 Å². The maximum atomic E-state index is 11.7. The summed E-state index contributed by atoms with van der Waals surface area (Å²) in [4.78, 5) is 31.4. The van der Waals surface area contributed by atoms with E-state index in [9.17, 15) is 9.59 Å². The molecule has 6 heteroatoms. The number of carbonyl (C=O) groups excluding carboxylic acids is 2. The van der Waals surface area contributed by atoms with E-state index in [-0.39, 0.29) is 25.4 Å². The normalized spacial score (nSPS) is 12.3. The summed E-state index contributed by atoms with van der Waals surface area (Å²) in [5.74, 6) is -1.83. The van der Waals surface area contributed by atoms with Crippen LogP contribution in [0.25, 0.3) is 0 Å². The van der Waals surface area contributed by atoms with Crippen LogP contribution >= 0.6 is 0 Å². The third kappa shape index (κ3) is 4.55. The molecule has 0 aliphatic carbocycles. The number of ketones is 1. The van der Waals surface area contributed by atoms with Crippen LogP contribution in [0.5, 0.6) is 0 Å². The fourth-order valence-corrected chi connectivity index (χ4v) is 1.47. The summed E-state index contributed by atoms with van der Waals surface area (Å²) >= 11 is 0. The van der Waals surface area contributed by atoms with E-state index in [2.05, 4.69) is 9.98 Å². The molecule has 0 fully saturated rings. The minimum Gasteiger partial charge on any atom is -0.465 e. The lowest BCUT2D eigenvalue weighted by atomic mass is 10.0. The molecular weight excluding hydrogens is 260 g/mol. The molecule has 0 aliphatic rings. The van der Waals surface area contributed by atoms with Gasteiger partial charge in [-0.15, -0.1) is 0 Å². The molecule has 0 aromatic carbocycles. The zero-order valence-electron chi connectivity index (χ0n) is 11.6. The molecule has 0 saturated carbocycles. The van der Waals surface area contributed by atoms with Gasteiger partial charge in [-0.25, -0.2) is 0 Å². The predicted octanol–water partition coefficient (Wildman–Crippen LogP) is 1.43. The van der Waals surface area contributed by atoms with Crippen molar-refractivity contribution < 1.29 is 19.4 Å². The molecule has 20 heavy (non-hydrogen) atoms. The van der Waals surface area contributed by atoms with Gasteiger partial charge in [0, 0.05) is 12.6 Å². The summed E-state index contributed by atoms with van der Waals surface area (Å²) in [5, 5.41) is 8.88. The summed E-state index contributed by atoms with van der Waals surface area (Å²) in [7, 11) is 0. The molecule has 0 spiro atoms. The zero-order valence-corrected chi connectivity index (χ0v) is 11.6. The number of pyridine rings is 1. The number of nitrogens with zero attached hydrogens (tertiary/aromatic N) is 2. The van der Waals surface area contributed by atoms with Crippen molar-refractivity contribution in [2.45, 2.75) is 26.9 Å². The van der Waals surface area contributed by atoms with Crippen LogP contribution in [-0.4, -0.2) is 34.7 Å². The Balaban J connectivity index is 2.84. The molecular formula is C14H18N2O4. The van der Waals surface area contributed by atoms with Gasteiger partial charge in [-0.3, -0.25) is 19.6 Å². The van der Waals surface area contributed by atoms with E-state index in [0.29, 0.717) is 11.4 Å². The standard InChI is InChI=1S/C14H18N2O4/c1-3-13(18)12(14(19)20-4-2)8-16-10-5-6-11(9-17)15-7-10/h5-8,12,17H,3-4,9H2,1-2H3. The van der Waals surface area contributed by atoms with Gasteiger partial charge in [-0.1, -0.05) is 6.92 Å². The van der Waals surface area contributed by atoms with Crippen LogP contribution in [0.2, 0.25) is 0 Å². The average Bonchev–Trinajstić information content (AvgIpc) is 2.48. The number of ether oxygens (including phenoxy) is 1. The number of aliphatic hydroxyl groups is 1. The Morgan fingerprint density at radius 2 is 2.20 bits per heavy atom. The van der Waals surface area contributed by atoms with Gasteiger partial charge in [-0.05, 0) is 19.1 Å². The van der Waals surface area contributed by atoms with Crippen molar-refractivity contribution >= 4 is 23.7 Å². The van der Waals surface area contributed by atoms with E-state index in [1.807, 2.05) is 0 Å². The van der Waals surface area contributed by atoms with Crippen LogP contribution in [-0.2, 0) is 20.9 Å². The molecule has 1 unspecified atom stereocenters. The Labute approximate surface area is 117 Å². The number of Topliss-reactive ketones (excluding diaryl/α,β-unsaturated/α-hetero) is 1. The van der Waals surface area contributed by atoms with Gasteiger partial charge in [0.15, 0.2) is 11.7 Å². The minimum absolute atomic E-state index is 0.149. The lowest BCUT2D eigenvalue weighted by molar-refractivity contribution is -0.148. The van der Waals surface area contributed by atoms with Crippen LogP contribution in [0.4, 0.5) is 5.69 Å². The maximum Gasteiger partial charge on any atom is 0.321 e. The molecule has 108 valence electrons. The number of rotatable bonds is 7. The fraction of sp³-hybridized carbons (Fsp3) is 0.429. The van der Waals surface area contributed by atoms with Crippen LogP contribution in [0, 0.1) is 5.92 Å². The van der Waals surface area contributed by atoms with Crippen molar-refractivity contribution in [2.75, 3.05) is 6.61 Å². The zero-order chi connectivity index (χ0) is 15.0. The summed E-state index contributed by atoms with van der Waals surface area (Å²) in [6.07, 6.45) is 2.97. The summed E-state index contributed by atoms with van der Waals surface area (Å²) in [6, 6.07) is 3.27. The number of aliphatic hydroxyl groups excluding tert-OH is 1. The van der Waals surface area contributed by atoms with E-state index in [1.54, 1.807) is 26.0 Å². The van der Waals surface area contributed by atoms with E-state index >= 15 is 0 Å². The first kappa shape index (κ1) is 16.0. The van der Waals surface area contributed by atoms with Crippen LogP contribution in [0.3, 0.4) is 0 Å². The van der Waals surface area contributed by atoms with Crippen LogP contribution < -0.4 is 0 Å². The van der Waals surface area contributed by atoms with Crippen LogP contribution in [0.1, 0.15) is 26.0 Å². The number of esters is 1. The summed E-state index contributed by atoms with van der Waals surface area (Å²) in [5.41, 5.74) is 1.02. The second-order valence-electron chi connectivity index (χ2n) is 3.99. The molecule has 0 saturated heterocycles. The first-order valence-corrected chi connectivity index (χ1v) is 6.41. The fourth-order valence-electron chi connectivity index (χ4n) is 1.47. The monoisotopic (exact) mass is 278 g/mol. The Morgan fingerprint density at radius 3 is 2.70 bits per heavy atom. The van der Waals surface area contributed by atoms with Crippen molar-refractivity contribution in [2.24, 2.45) is 10.9 Å². The van der Waals surface area contributed by atoms with E-state index < -0.39 is 11.9 Å². The van der Waals surface area contributed by atoms with Crippen molar-refractivity contribution in [1.82, 2.24) is 4.98 Å². The quantitative estimate of drug-likeness (QED) is 0.463. The minimum atomic E-state index is -0.988. The van der Waals surface area contributed by atoms with Gasteiger partial charge < -0.3 is 9.84 Å². The molecule has 0 bridgehead atoms. The highest BCUT2D eigenvalue weighted by molar-refractivity contribution is 6.12. The lowest BCUT2D eigenvalue weighted by Gasteiger charge is -2.08. The molecule has 1 atom stereocenters. The highest BCUT2D eigenvalue weighted by Crippen LogP contribution is 2.12. The van der Waals surface area contributed by atoms with Crippen molar-refractivity contribution in [3.8, 4) is 0 Å². The van der Waals surface area contributed by atoms with Crippen molar-refractivity contribution in [3.05, 3.63) is 24.0 Å². The number of aromatic nitrogens is 1. The first-order valence-electron chi connectivity index (χ1n) is 6.41. The Hall–Kier alpha value is -2.08. The highest BCUT2D eigenvalue weighted by atomic mass is 16.5. The SMILES string of the molecule is CCOC(=O)C(C=Nc1ccc(CO)nc1)C(=O)CC. The summed E-state index contributed by atoms with van der Waals surface area (Å²) < 4.78 is 4.85. The first-order chi connectivity index (χ1) is 9.62. The molecule has 1 aromatic heterocycles. The second-order valence-corrected chi connectivity index (χ2v) is 3.99. The van der Waals surface area contributed by atoms with Gasteiger partial charge in [0.1, 0.15) is 0 Å². The van der Waals surface area contributed by atoms with Crippen molar-refractivity contribution in [3.63, 3.8) is 0 Å². The molecule has 6 nitrogen and oxygen atoms in total. The lowest BCUT2D eigenvalue weighted by Crippen LogP contribution is -2.27. The van der Waals surface area contributed by atoms with E-state index in [4.69, 9.17) is 9.84 Å². The Morgan fingerprint density at radius 1 is 1.45 bits per heavy atom. The smallest absolute Gasteiger partial charge is 0.321 e. The largest absolute Gasteiger partial charge is 0.465 e. The van der Waals surface area contributed by atoms with E-state index in [1.165, 1.54) is 12.4 Å². The molecule has 0 amide bonds. The van der Waals surface area contributed by atoms with Gasteiger partial charge in [-0.2, -0.15) is 0 Å². The molecule has 1 N–H and O–H groups in total. The maximum absolute atomic E-state index is 11.7. The topological polar surface area (TPSA) is 88.8 Å². The number of hydrogen-bond donors (Lipinski definition) is 1. The third-order valence-electron chi connectivity index (χ3n) is 2.58. The molecule has 1 rings (SSSR count). The molecule has 0 radical (unpaired) electrons. The molecule has 1 heterocycles. The highest BCUT2D eigenvalue weighted by Gasteiger charge is 2.24. The predicted molar refractivity (Wildman–Crippen MR) is 73.7 cm³/mol. The Bertz CT molecular complexity index is 482. The van der Waals surface area contributed by atoms with Gasteiger partial charge in [0.2, 0.25) is 0 Å². The number of carbonyl (C=O) groups is 2. The molecule has 0 aliphatic heterocycles. The molecule has 1 aromatic rings. The van der Waals surface area contributed by atoms with Gasteiger partial charge in [0.25, 0.3) is 0 Å².